The summed E-state index contributed by atoms with van der Waals surface area (Å²) in [6.45, 7) is 7.40. The van der Waals surface area contributed by atoms with Crippen LogP contribution < -0.4 is 5.32 Å². The number of amides is 1. The lowest BCUT2D eigenvalue weighted by atomic mass is 10.1. The lowest BCUT2D eigenvalue weighted by molar-refractivity contribution is 0.0950. The minimum absolute atomic E-state index is 0.221. The van der Waals surface area contributed by atoms with E-state index in [1.807, 2.05) is 48.5 Å². The van der Waals surface area contributed by atoms with Gasteiger partial charge in [0.15, 0.2) is 0 Å². The SMILES string of the molecule is Cc1nn(-c2ccccc2)c(Cl)c1C(=O)NCc1ccccc1CN(C)C(C)C. The second kappa shape index (κ2) is 9.25. The number of aryl methyl sites for hydroxylation is 1. The molecule has 1 aromatic heterocycles. The number of aromatic nitrogens is 2. The third-order valence-corrected chi connectivity index (χ3v) is 5.44. The summed E-state index contributed by atoms with van der Waals surface area (Å²) in [6.07, 6.45) is 0. The summed E-state index contributed by atoms with van der Waals surface area (Å²) in [4.78, 5) is 15.2. The van der Waals surface area contributed by atoms with E-state index in [0.29, 0.717) is 29.0 Å². The summed E-state index contributed by atoms with van der Waals surface area (Å²) in [5, 5.41) is 7.78. The lowest BCUT2D eigenvalue weighted by Crippen LogP contribution is -2.28. The monoisotopic (exact) mass is 410 g/mol. The molecule has 1 N–H and O–H groups in total. The van der Waals surface area contributed by atoms with Crippen LogP contribution in [0.1, 0.15) is 41.0 Å². The molecule has 0 saturated heterocycles. The highest BCUT2D eigenvalue weighted by atomic mass is 35.5. The Hall–Kier alpha value is -2.63. The molecule has 6 heteroatoms. The minimum atomic E-state index is -0.221. The Balaban J connectivity index is 1.77. The highest BCUT2D eigenvalue weighted by Crippen LogP contribution is 2.23. The van der Waals surface area contributed by atoms with E-state index < -0.39 is 0 Å². The molecule has 0 aliphatic carbocycles. The lowest BCUT2D eigenvalue weighted by Gasteiger charge is -2.22. The van der Waals surface area contributed by atoms with Gasteiger partial charge < -0.3 is 5.32 Å². The molecule has 0 unspecified atom stereocenters. The van der Waals surface area contributed by atoms with Crippen LogP contribution in [-0.4, -0.2) is 33.7 Å². The third-order valence-electron chi connectivity index (χ3n) is 5.09. The van der Waals surface area contributed by atoms with E-state index in [2.05, 4.69) is 42.3 Å². The molecular formula is C23H27ClN4O. The quantitative estimate of drug-likeness (QED) is 0.619. The van der Waals surface area contributed by atoms with E-state index in [4.69, 9.17) is 11.6 Å². The van der Waals surface area contributed by atoms with Crippen molar-refractivity contribution in [3.63, 3.8) is 0 Å². The molecule has 0 aliphatic heterocycles. The van der Waals surface area contributed by atoms with Crippen molar-refractivity contribution >= 4 is 17.5 Å². The second-order valence-corrected chi connectivity index (χ2v) is 7.82. The molecule has 0 radical (unpaired) electrons. The van der Waals surface area contributed by atoms with Crippen LogP contribution in [0.3, 0.4) is 0 Å². The van der Waals surface area contributed by atoms with Gasteiger partial charge >= 0.3 is 0 Å². The van der Waals surface area contributed by atoms with Gasteiger partial charge in [-0.15, -0.1) is 0 Å². The molecule has 1 heterocycles. The smallest absolute Gasteiger partial charge is 0.256 e. The Labute approximate surface area is 177 Å². The number of rotatable bonds is 7. The number of hydrogen-bond acceptors (Lipinski definition) is 3. The fraction of sp³-hybridized carbons (Fsp3) is 0.304. The van der Waals surface area contributed by atoms with E-state index in [9.17, 15) is 4.79 Å². The molecule has 3 aromatic rings. The maximum Gasteiger partial charge on any atom is 0.256 e. The van der Waals surface area contributed by atoms with Crippen LogP contribution in [0, 0.1) is 6.92 Å². The first kappa shape index (κ1) is 21.1. The average molecular weight is 411 g/mol. The van der Waals surface area contributed by atoms with Crippen molar-refractivity contribution in [3.05, 3.63) is 82.1 Å². The van der Waals surface area contributed by atoms with Crippen molar-refractivity contribution < 1.29 is 4.79 Å². The zero-order valence-electron chi connectivity index (χ0n) is 17.3. The van der Waals surface area contributed by atoms with Crippen molar-refractivity contribution in [2.45, 2.75) is 39.9 Å². The Bertz CT molecular complexity index is 982. The van der Waals surface area contributed by atoms with Crippen LogP contribution in [0.5, 0.6) is 0 Å². The van der Waals surface area contributed by atoms with Gasteiger partial charge in [-0.25, -0.2) is 4.68 Å². The summed E-state index contributed by atoms with van der Waals surface area (Å²) in [5.41, 5.74) is 4.13. The third kappa shape index (κ3) is 4.86. The molecule has 3 rings (SSSR count). The summed E-state index contributed by atoms with van der Waals surface area (Å²) in [5.74, 6) is -0.221. The van der Waals surface area contributed by atoms with Gasteiger partial charge in [0.25, 0.3) is 5.91 Å². The Morgan fingerprint density at radius 3 is 2.38 bits per heavy atom. The van der Waals surface area contributed by atoms with Crippen LogP contribution in [0.15, 0.2) is 54.6 Å². The van der Waals surface area contributed by atoms with Crippen molar-refractivity contribution in [2.24, 2.45) is 0 Å². The second-order valence-electron chi connectivity index (χ2n) is 7.46. The standard InChI is InChI=1S/C23H27ClN4O/c1-16(2)27(4)15-19-11-9-8-10-18(19)14-25-23(29)21-17(3)26-28(22(21)24)20-12-6-5-7-13-20/h5-13,16H,14-15H2,1-4H3,(H,25,29). The number of benzene rings is 2. The van der Waals surface area contributed by atoms with Gasteiger partial charge in [0.1, 0.15) is 5.15 Å². The van der Waals surface area contributed by atoms with Crippen LogP contribution in [0.2, 0.25) is 5.15 Å². The van der Waals surface area contributed by atoms with E-state index in [-0.39, 0.29) is 5.91 Å². The van der Waals surface area contributed by atoms with Crippen molar-refractivity contribution in [1.29, 1.82) is 0 Å². The van der Waals surface area contributed by atoms with Crippen molar-refractivity contribution in [2.75, 3.05) is 7.05 Å². The van der Waals surface area contributed by atoms with Crippen LogP contribution in [0.25, 0.3) is 5.69 Å². The molecule has 0 saturated carbocycles. The number of hydrogen-bond donors (Lipinski definition) is 1. The first-order chi connectivity index (χ1) is 13.9. The normalized spacial score (nSPS) is 11.3. The van der Waals surface area contributed by atoms with Gasteiger partial charge in [-0.3, -0.25) is 9.69 Å². The highest BCUT2D eigenvalue weighted by Gasteiger charge is 2.21. The fourth-order valence-electron chi connectivity index (χ4n) is 3.10. The maximum atomic E-state index is 12.9. The van der Waals surface area contributed by atoms with E-state index in [1.54, 1.807) is 11.6 Å². The molecule has 5 nitrogen and oxygen atoms in total. The molecule has 1 amide bonds. The molecule has 0 spiro atoms. The number of para-hydroxylation sites is 1. The van der Waals surface area contributed by atoms with Crippen LogP contribution in [0.4, 0.5) is 0 Å². The number of carbonyl (C=O) groups excluding carboxylic acids is 1. The molecule has 0 aliphatic rings. The predicted molar refractivity (Wildman–Crippen MR) is 118 cm³/mol. The number of nitrogens with zero attached hydrogens (tertiary/aromatic N) is 3. The molecule has 0 atom stereocenters. The van der Waals surface area contributed by atoms with Crippen LogP contribution in [-0.2, 0) is 13.1 Å². The fourth-order valence-corrected chi connectivity index (χ4v) is 3.45. The van der Waals surface area contributed by atoms with E-state index in [0.717, 1.165) is 17.8 Å². The number of halogens is 1. The van der Waals surface area contributed by atoms with Gasteiger partial charge in [0.2, 0.25) is 0 Å². The van der Waals surface area contributed by atoms with Crippen LogP contribution >= 0.6 is 11.6 Å². The average Bonchev–Trinajstić information content (AvgIpc) is 3.01. The predicted octanol–water partition coefficient (Wildman–Crippen LogP) is 4.60. The molecule has 2 aromatic carbocycles. The zero-order chi connectivity index (χ0) is 21.0. The maximum absolute atomic E-state index is 12.9. The van der Waals surface area contributed by atoms with E-state index >= 15 is 0 Å². The molecular weight excluding hydrogens is 384 g/mol. The van der Waals surface area contributed by atoms with Crippen molar-refractivity contribution in [3.8, 4) is 5.69 Å². The molecule has 152 valence electrons. The molecule has 0 bridgehead atoms. The highest BCUT2D eigenvalue weighted by molar-refractivity contribution is 6.33. The largest absolute Gasteiger partial charge is 0.348 e. The van der Waals surface area contributed by atoms with Gasteiger partial charge in [0, 0.05) is 19.1 Å². The van der Waals surface area contributed by atoms with E-state index in [1.165, 1.54) is 5.56 Å². The number of carbonyl (C=O) groups is 1. The Morgan fingerprint density at radius 1 is 1.10 bits per heavy atom. The Morgan fingerprint density at radius 2 is 1.72 bits per heavy atom. The summed E-state index contributed by atoms with van der Waals surface area (Å²) in [6, 6.07) is 18.2. The molecule has 0 fully saturated rings. The van der Waals surface area contributed by atoms with Gasteiger partial charge in [-0.05, 0) is 51.1 Å². The topological polar surface area (TPSA) is 50.2 Å². The van der Waals surface area contributed by atoms with Gasteiger partial charge in [-0.2, -0.15) is 5.10 Å². The minimum Gasteiger partial charge on any atom is -0.348 e. The van der Waals surface area contributed by atoms with Gasteiger partial charge in [-0.1, -0.05) is 54.1 Å². The first-order valence-electron chi connectivity index (χ1n) is 9.74. The first-order valence-corrected chi connectivity index (χ1v) is 10.1. The van der Waals surface area contributed by atoms with Crippen molar-refractivity contribution in [1.82, 2.24) is 20.0 Å². The number of nitrogens with one attached hydrogen (secondary N) is 1. The summed E-state index contributed by atoms with van der Waals surface area (Å²) < 4.78 is 1.59. The Kier molecular flexibility index (Phi) is 6.72. The van der Waals surface area contributed by atoms with Gasteiger partial charge in [0.05, 0.1) is 16.9 Å². The zero-order valence-corrected chi connectivity index (χ0v) is 18.1. The summed E-state index contributed by atoms with van der Waals surface area (Å²) in [7, 11) is 2.10. The summed E-state index contributed by atoms with van der Waals surface area (Å²) >= 11 is 6.51. The molecule has 29 heavy (non-hydrogen) atoms.